The molecule has 0 aliphatic carbocycles. The first-order valence-electron chi connectivity index (χ1n) is 8.48. The van der Waals surface area contributed by atoms with E-state index >= 15 is 0 Å². The summed E-state index contributed by atoms with van der Waals surface area (Å²) >= 11 is 3.57. The second-order valence-corrected chi connectivity index (χ2v) is 7.21. The lowest BCUT2D eigenvalue weighted by Crippen LogP contribution is -2.02. The molecule has 0 aromatic heterocycles. The lowest BCUT2D eigenvalue weighted by Gasteiger charge is -2.13. The van der Waals surface area contributed by atoms with Gasteiger partial charge in [-0.1, -0.05) is 30.3 Å². The average Bonchev–Trinajstić information content (AvgIpc) is 2.63. The zero-order valence-corrected chi connectivity index (χ0v) is 16.4. The predicted octanol–water partition coefficient (Wildman–Crippen LogP) is 6.40. The second-order valence-electron chi connectivity index (χ2n) is 6.35. The van der Waals surface area contributed by atoms with E-state index in [1.165, 1.54) is 23.3 Å². The highest BCUT2D eigenvalue weighted by atomic mass is 79.9. The maximum Gasteiger partial charge on any atom is 0.134 e. The molecular formula is C22H21BrFNO. The topological polar surface area (TPSA) is 21.3 Å². The van der Waals surface area contributed by atoms with Gasteiger partial charge in [0, 0.05) is 12.2 Å². The molecule has 0 spiro atoms. The summed E-state index contributed by atoms with van der Waals surface area (Å²) in [5.74, 6) is 0.528. The molecule has 0 aliphatic rings. The summed E-state index contributed by atoms with van der Waals surface area (Å²) in [5.41, 5.74) is 5.71. The Morgan fingerprint density at radius 2 is 1.65 bits per heavy atom. The van der Waals surface area contributed by atoms with Crippen LogP contribution in [0, 0.1) is 19.7 Å². The third kappa shape index (κ3) is 4.85. The molecule has 1 N–H and O–H groups in total. The van der Waals surface area contributed by atoms with Gasteiger partial charge >= 0.3 is 0 Å². The average molecular weight is 414 g/mol. The van der Waals surface area contributed by atoms with Gasteiger partial charge < -0.3 is 10.1 Å². The third-order valence-corrected chi connectivity index (χ3v) is 4.80. The summed E-state index contributed by atoms with van der Waals surface area (Å²) in [6, 6.07) is 18.8. The Bertz CT molecular complexity index is 893. The van der Waals surface area contributed by atoms with E-state index in [2.05, 4.69) is 59.4 Å². The van der Waals surface area contributed by atoms with Gasteiger partial charge in [-0.2, -0.15) is 0 Å². The molecule has 0 bridgehead atoms. The van der Waals surface area contributed by atoms with Crippen LogP contribution in [0.1, 0.15) is 22.3 Å². The molecule has 0 unspecified atom stereocenters. The Labute approximate surface area is 162 Å². The van der Waals surface area contributed by atoms with Crippen LogP contribution in [-0.2, 0) is 13.2 Å². The lowest BCUT2D eigenvalue weighted by atomic mass is 10.1. The summed E-state index contributed by atoms with van der Waals surface area (Å²) in [4.78, 5) is 0. The molecule has 3 aromatic carbocycles. The van der Waals surface area contributed by atoms with Crippen LogP contribution in [0.2, 0.25) is 0 Å². The molecule has 0 radical (unpaired) electrons. The van der Waals surface area contributed by atoms with Crippen LogP contribution in [0.25, 0.3) is 0 Å². The Morgan fingerprint density at radius 3 is 2.38 bits per heavy atom. The first-order chi connectivity index (χ1) is 12.5. The minimum absolute atomic E-state index is 0.240. The van der Waals surface area contributed by atoms with Crippen LogP contribution in [0.15, 0.2) is 65.1 Å². The summed E-state index contributed by atoms with van der Waals surface area (Å²) in [6.45, 7) is 5.33. The SMILES string of the molecule is Cc1ccc(C)c(NCc2ccc(OCc3ccc(F)cc3)c(Br)c2)c1. The van der Waals surface area contributed by atoms with Crippen molar-refractivity contribution in [3.63, 3.8) is 0 Å². The number of ether oxygens (including phenoxy) is 1. The highest BCUT2D eigenvalue weighted by molar-refractivity contribution is 9.10. The molecule has 0 heterocycles. The fourth-order valence-electron chi connectivity index (χ4n) is 2.64. The monoisotopic (exact) mass is 413 g/mol. The molecule has 0 saturated carbocycles. The molecule has 0 aliphatic heterocycles. The van der Waals surface area contributed by atoms with Gasteiger partial charge in [0.05, 0.1) is 4.47 Å². The van der Waals surface area contributed by atoms with Crippen molar-refractivity contribution in [2.75, 3.05) is 5.32 Å². The molecule has 0 saturated heterocycles. The highest BCUT2D eigenvalue weighted by Crippen LogP contribution is 2.27. The molecule has 0 amide bonds. The van der Waals surface area contributed by atoms with Gasteiger partial charge in [0.1, 0.15) is 18.2 Å². The first kappa shape index (κ1) is 18.5. The number of benzene rings is 3. The van der Waals surface area contributed by atoms with Crippen LogP contribution in [0.5, 0.6) is 5.75 Å². The Balaban J connectivity index is 1.61. The maximum atomic E-state index is 12.9. The van der Waals surface area contributed by atoms with Crippen LogP contribution in [0.3, 0.4) is 0 Å². The number of aryl methyl sites for hydroxylation is 2. The Morgan fingerprint density at radius 1 is 0.923 bits per heavy atom. The van der Waals surface area contributed by atoms with Gasteiger partial charge in [0.15, 0.2) is 0 Å². The number of hydrogen-bond donors (Lipinski definition) is 1. The smallest absolute Gasteiger partial charge is 0.134 e. The number of hydrogen-bond acceptors (Lipinski definition) is 2. The minimum atomic E-state index is -0.240. The van der Waals surface area contributed by atoms with Crippen LogP contribution < -0.4 is 10.1 Å². The van der Waals surface area contributed by atoms with Crippen molar-refractivity contribution in [1.82, 2.24) is 0 Å². The van der Waals surface area contributed by atoms with Gasteiger partial charge in [-0.3, -0.25) is 0 Å². The quantitative estimate of drug-likeness (QED) is 0.504. The van der Waals surface area contributed by atoms with E-state index in [0.29, 0.717) is 6.61 Å². The maximum absolute atomic E-state index is 12.9. The number of anilines is 1. The molecular weight excluding hydrogens is 393 g/mol. The van der Waals surface area contributed by atoms with Crippen molar-refractivity contribution in [2.45, 2.75) is 27.0 Å². The van der Waals surface area contributed by atoms with Gasteiger partial charge in [0.2, 0.25) is 0 Å². The van der Waals surface area contributed by atoms with Crippen molar-refractivity contribution in [3.8, 4) is 5.75 Å². The summed E-state index contributed by atoms with van der Waals surface area (Å²) < 4.78 is 19.7. The molecule has 26 heavy (non-hydrogen) atoms. The van der Waals surface area contributed by atoms with Crippen LogP contribution in [0.4, 0.5) is 10.1 Å². The molecule has 134 valence electrons. The molecule has 3 aromatic rings. The Kier molecular flexibility index (Phi) is 5.94. The summed E-state index contributed by atoms with van der Waals surface area (Å²) in [6.07, 6.45) is 0. The largest absolute Gasteiger partial charge is 0.488 e. The molecule has 2 nitrogen and oxygen atoms in total. The van der Waals surface area contributed by atoms with E-state index in [1.807, 2.05) is 12.1 Å². The second kappa shape index (κ2) is 8.37. The van der Waals surface area contributed by atoms with Crippen molar-refractivity contribution in [1.29, 1.82) is 0 Å². The van der Waals surface area contributed by atoms with Crippen LogP contribution in [-0.4, -0.2) is 0 Å². The highest BCUT2D eigenvalue weighted by Gasteiger charge is 2.05. The summed E-state index contributed by atoms with van der Waals surface area (Å²) in [7, 11) is 0. The fourth-order valence-corrected chi connectivity index (χ4v) is 3.18. The van der Waals surface area contributed by atoms with Crippen molar-refractivity contribution in [2.24, 2.45) is 0 Å². The zero-order chi connectivity index (χ0) is 18.5. The van der Waals surface area contributed by atoms with E-state index in [-0.39, 0.29) is 5.82 Å². The summed E-state index contributed by atoms with van der Waals surface area (Å²) in [5, 5.41) is 3.48. The van der Waals surface area contributed by atoms with E-state index in [4.69, 9.17) is 4.74 Å². The number of nitrogens with one attached hydrogen (secondary N) is 1. The molecule has 0 atom stereocenters. The van der Waals surface area contributed by atoms with Gasteiger partial charge in [-0.25, -0.2) is 4.39 Å². The van der Waals surface area contributed by atoms with Crippen molar-refractivity contribution < 1.29 is 9.13 Å². The molecule has 3 rings (SSSR count). The minimum Gasteiger partial charge on any atom is -0.488 e. The van der Waals surface area contributed by atoms with Crippen LogP contribution >= 0.6 is 15.9 Å². The van der Waals surface area contributed by atoms with Gasteiger partial charge in [0.25, 0.3) is 0 Å². The zero-order valence-electron chi connectivity index (χ0n) is 14.9. The molecule has 0 fully saturated rings. The van der Waals surface area contributed by atoms with E-state index < -0.39 is 0 Å². The van der Waals surface area contributed by atoms with Gasteiger partial charge in [-0.05, 0) is 82.4 Å². The standard InChI is InChI=1S/C22H21BrFNO/c1-15-3-4-16(2)21(11-15)25-13-18-7-10-22(20(23)12-18)26-14-17-5-8-19(24)9-6-17/h3-12,25H,13-14H2,1-2H3. The predicted molar refractivity (Wildman–Crippen MR) is 108 cm³/mol. The number of halogens is 2. The fraction of sp³-hybridized carbons (Fsp3) is 0.182. The lowest BCUT2D eigenvalue weighted by molar-refractivity contribution is 0.304. The normalized spacial score (nSPS) is 10.6. The van der Waals surface area contributed by atoms with Crippen molar-refractivity contribution >= 4 is 21.6 Å². The van der Waals surface area contributed by atoms with E-state index in [9.17, 15) is 4.39 Å². The Hall–Kier alpha value is -2.33. The first-order valence-corrected chi connectivity index (χ1v) is 9.27. The molecule has 4 heteroatoms. The number of rotatable bonds is 6. The van der Waals surface area contributed by atoms with Crippen molar-refractivity contribution in [3.05, 3.63) is 93.2 Å². The third-order valence-electron chi connectivity index (χ3n) is 4.18. The van der Waals surface area contributed by atoms with Gasteiger partial charge in [-0.15, -0.1) is 0 Å². The van der Waals surface area contributed by atoms with E-state index in [0.717, 1.165) is 33.6 Å². The van der Waals surface area contributed by atoms with E-state index in [1.54, 1.807) is 12.1 Å².